The summed E-state index contributed by atoms with van der Waals surface area (Å²) in [5.74, 6) is 0.331. The van der Waals surface area contributed by atoms with Crippen LogP contribution in [0.25, 0.3) is 0 Å². The average Bonchev–Trinajstić information content (AvgIpc) is 2.98. The van der Waals surface area contributed by atoms with Gasteiger partial charge < -0.3 is 37.2 Å². The van der Waals surface area contributed by atoms with Crippen LogP contribution in [0.1, 0.15) is 36.8 Å². The molecular weight excluding hydrogens is 394 g/mol. The Kier molecular flexibility index (Phi) is 13.7. The average molecular weight is 414 g/mol. The van der Waals surface area contributed by atoms with Crippen LogP contribution < -0.4 is 37.2 Å². The van der Waals surface area contributed by atoms with Gasteiger partial charge in [0, 0.05) is 5.92 Å². The SMILES string of the molecule is CCC1=CCC(C(c2ccccc2)c2ccccc2)=[C-]1.[Cl-].[Cl-].[Cl-].[Ti+4]. The summed E-state index contributed by atoms with van der Waals surface area (Å²) in [7, 11) is 0. The smallest absolute Gasteiger partial charge is 1.00 e. The molecule has 0 nitrogen and oxygen atoms in total. The van der Waals surface area contributed by atoms with Gasteiger partial charge in [-0.05, 0) is 11.1 Å². The molecule has 2 aromatic carbocycles. The van der Waals surface area contributed by atoms with Crippen molar-refractivity contribution in [3.05, 3.63) is 95.1 Å². The molecule has 0 amide bonds. The van der Waals surface area contributed by atoms with Gasteiger partial charge in [-0.25, -0.2) is 17.7 Å². The number of allylic oxidation sites excluding steroid dienone is 4. The van der Waals surface area contributed by atoms with Gasteiger partial charge in [-0.3, -0.25) is 0 Å². The molecular formula is C20H19Cl3Ti. The normalized spacial score (nSPS) is 11.9. The zero-order chi connectivity index (χ0) is 13.8. The van der Waals surface area contributed by atoms with Gasteiger partial charge in [0.2, 0.25) is 0 Å². The Bertz CT molecular complexity index is 597. The molecule has 0 fully saturated rings. The van der Waals surface area contributed by atoms with Gasteiger partial charge in [0.25, 0.3) is 0 Å². The summed E-state index contributed by atoms with van der Waals surface area (Å²) in [4.78, 5) is 0. The summed E-state index contributed by atoms with van der Waals surface area (Å²) in [6.45, 7) is 2.20. The van der Waals surface area contributed by atoms with E-state index in [0.29, 0.717) is 5.92 Å². The Balaban J connectivity index is 0. The summed E-state index contributed by atoms with van der Waals surface area (Å²) in [5, 5.41) is 0. The zero-order valence-corrected chi connectivity index (χ0v) is 17.3. The maximum Gasteiger partial charge on any atom is 4.00 e. The summed E-state index contributed by atoms with van der Waals surface area (Å²) in [6.07, 6.45) is 8.02. The third-order valence-corrected chi connectivity index (χ3v) is 3.88. The van der Waals surface area contributed by atoms with Crippen molar-refractivity contribution in [2.24, 2.45) is 0 Å². The van der Waals surface area contributed by atoms with Crippen LogP contribution in [0.2, 0.25) is 0 Å². The second-order valence-corrected chi connectivity index (χ2v) is 5.19. The number of hydrogen-bond donors (Lipinski definition) is 0. The van der Waals surface area contributed by atoms with E-state index in [-0.39, 0.29) is 58.9 Å². The van der Waals surface area contributed by atoms with E-state index in [1.807, 2.05) is 0 Å². The van der Waals surface area contributed by atoms with Crippen molar-refractivity contribution in [1.82, 2.24) is 0 Å². The number of rotatable bonds is 4. The minimum absolute atomic E-state index is 0. The quantitative estimate of drug-likeness (QED) is 0.358. The van der Waals surface area contributed by atoms with Gasteiger partial charge >= 0.3 is 21.7 Å². The van der Waals surface area contributed by atoms with E-state index in [0.717, 1.165) is 12.8 Å². The Labute approximate surface area is 178 Å². The van der Waals surface area contributed by atoms with Gasteiger partial charge in [0.1, 0.15) is 0 Å². The van der Waals surface area contributed by atoms with E-state index < -0.39 is 0 Å². The van der Waals surface area contributed by atoms with Crippen molar-refractivity contribution in [3.8, 4) is 0 Å². The Morgan fingerprint density at radius 2 is 1.29 bits per heavy atom. The number of benzene rings is 2. The van der Waals surface area contributed by atoms with Crippen LogP contribution in [0.5, 0.6) is 0 Å². The van der Waals surface area contributed by atoms with Crippen molar-refractivity contribution in [1.29, 1.82) is 0 Å². The molecule has 4 heteroatoms. The fourth-order valence-electron chi connectivity index (χ4n) is 2.85. The molecule has 0 saturated heterocycles. The molecule has 24 heavy (non-hydrogen) atoms. The van der Waals surface area contributed by atoms with Crippen molar-refractivity contribution >= 4 is 0 Å². The summed E-state index contributed by atoms with van der Waals surface area (Å²) < 4.78 is 0. The molecule has 0 spiro atoms. The maximum absolute atomic E-state index is 3.62. The van der Waals surface area contributed by atoms with Crippen molar-refractivity contribution < 1.29 is 58.9 Å². The second-order valence-electron chi connectivity index (χ2n) is 5.19. The first kappa shape index (κ1) is 25.7. The minimum atomic E-state index is 0. The minimum Gasteiger partial charge on any atom is -1.00 e. The van der Waals surface area contributed by atoms with Gasteiger partial charge in [0.15, 0.2) is 0 Å². The predicted octanol–water partition coefficient (Wildman–Crippen LogP) is -3.70. The van der Waals surface area contributed by atoms with E-state index in [2.05, 4.69) is 79.7 Å². The third-order valence-electron chi connectivity index (χ3n) is 3.88. The molecule has 0 aliphatic heterocycles. The van der Waals surface area contributed by atoms with Crippen molar-refractivity contribution in [2.75, 3.05) is 0 Å². The van der Waals surface area contributed by atoms with Gasteiger partial charge in [-0.15, -0.1) is 0 Å². The molecule has 0 saturated carbocycles. The third kappa shape index (κ3) is 6.10. The molecule has 0 bridgehead atoms. The Morgan fingerprint density at radius 3 is 1.67 bits per heavy atom. The fraction of sp³-hybridized carbons (Fsp3) is 0.200. The largest absolute Gasteiger partial charge is 4.00 e. The van der Waals surface area contributed by atoms with Crippen molar-refractivity contribution in [2.45, 2.75) is 25.7 Å². The molecule has 1 aliphatic rings. The van der Waals surface area contributed by atoms with Crippen LogP contribution in [-0.2, 0) is 21.7 Å². The Hall–Kier alpha value is -0.496. The fourth-order valence-corrected chi connectivity index (χ4v) is 2.85. The van der Waals surface area contributed by atoms with Crippen LogP contribution in [0.3, 0.4) is 0 Å². The van der Waals surface area contributed by atoms with Crippen LogP contribution in [0.4, 0.5) is 0 Å². The van der Waals surface area contributed by atoms with Crippen molar-refractivity contribution in [3.63, 3.8) is 0 Å². The van der Waals surface area contributed by atoms with Crippen LogP contribution in [-0.4, -0.2) is 0 Å². The molecule has 0 heterocycles. The molecule has 2 aromatic rings. The number of hydrogen-bond acceptors (Lipinski definition) is 0. The van der Waals surface area contributed by atoms with Crippen LogP contribution >= 0.6 is 0 Å². The molecule has 3 rings (SSSR count). The van der Waals surface area contributed by atoms with Crippen LogP contribution in [0.15, 0.2) is 77.9 Å². The molecule has 0 N–H and O–H groups in total. The molecule has 0 atom stereocenters. The topological polar surface area (TPSA) is 0 Å². The molecule has 124 valence electrons. The first-order chi connectivity index (χ1) is 9.88. The zero-order valence-electron chi connectivity index (χ0n) is 13.5. The summed E-state index contributed by atoms with van der Waals surface area (Å²) >= 11 is 0. The van der Waals surface area contributed by atoms with Gasteiger partial charge in [-0.1, -0.05) is 80.4 Å². The van der Waals surface area contributed by atoms with E-state index in [4.69, 9.17) is 0 Å². The molecule has 0 unspecified atom stereocenters. The molecule has 1 aliphatic carbocycles. The predicted molar refractivity (Wildman–Crippen MR) is 84.5 cm³/mol. The van der Waals surface area contributed by atoms with E-state index >= 15 is 0 Å². The maximum atomic E-state index is 3.62. The molecule has 0 aromatic heterocycles. The standard InChI is InChI=1S/C20H19.3ClH.Ti/c1-2-16-13-14-19(15-16)20(17-9-5-3-6-10-17)18-11-7-4-8-12-18;;;;/h3-13,20H,2,14H2,1H3;3*1H;/q-1;;;;+4/p-3. The number of halogens is 3. The first-order valence-corrected chi connectivity index (χ1v) is 7.30. The van der Waals surface area contributed by atoms with Gasteiger partial charge in [0.05, 0.1) is 0 Å². The second kappa shape index (κ2) is 12.8. The summed E-state index contributed by atoms with van der Waals surface area (Å²) in [6, 6.07) is 21.5. The van der Waals surface area contributed by atoms with E-state index in [1.54, 1.807) is 0 Å². The van der Waals surface area contributed by atoms with E-state index in [1.165, 1.54) is 22.3 Å². The molecule has 0 radical (unpaired) electrons. The van der Waals surface area contributed by atoms with E-state index in [9.17, 15) is 0 Å². The van der Waals surface area contributed by atoms with Gasteiger partial charge in [-0.2, -0.15) is 5.57 Å². The Morgan fingerprint density at radius 1 is 0.833 bits per heavy atom. The monoisotopic (exact) mass is 412 g/mol. The summed E-state index contributed by atoms with van der Waals surface area (Å²) in [5.41, 5.74) is 5.44. The first-order valence-electron chi connectivity index (χ1n) is 7.30. The van der Waals surface area contributed by atoms with Crippen LogP contribution in [0, 0.1) is 6.08 Å².